The van der Waals surface area contributed by atoms with Crippen molar-refractivity contribution in [2.45, 2.75) is 71.6 Å². The van der Waals surface area contributed by atoms with Crippen molar-refractivity contribution in [1.82, 2.24) is 19.9 Å². The Morgan fingerprint density at radius 2 is 1.01 bits per heavy atom. The van der Waals surface area contributed by atoms with Crippen molar-refractivity contribution in [3.05, 3.63) is 117 Å². The molecule has 2 spiro atoms. The fourth-order valence-corrected chi connectivity index (χ4v) is 14.3. The largest absolute Gasteiger partial charge is 0.400 e. The molecule has 0 radical (unpaired) electrons. The number of carbonyl (C=O) groups is 1. The highest BCUT2D eigenvalue weighted by molar-refractivity contribution is 7.70. The summed E-state index contributed by atoms with van der Waals surface area (Å²) in [6.45, 7) is 11.5. The number of carbonyl (C=O) groups excluding carboxylic acids is 1. The van der Waals surface area contributed by atoms with Crippen LogP contribution in [0.25, 0.3) is 0 Å². The average Bonchev–Trinajstić information content (AvgIpc) is 2.49. The van der Waals surface area contributed by atoms with Gasteiger partial charge in [-0.05, 0) is 155 Å². The Hall–Kier alpha value is -5.03. The van der Waals surface area contributed by atoms with Crippen molar-refractivity contribution in [2.75, 3.05) is 111 Å². The quantitative estimate of drug-likeness (QED) is 0.0420. The van der Waals surface area contributed by atoms with E-state index in [-0.39, 0.29) is 19.4 Å². The number of Topliss-reactive ketones (excluding diaryl/α,β-unsaturated/α-hetero) is 1. The van der Waals surface area contributed by atoms with Crippen molar-refractivity contribution in [1.29, 1.82) is 0 Å². The van der Waals surface area contributed by atoms with Crippen LogP contribution in [-0.2, 0) is 13.9 Å². The number of piperidine rings is 2. The molecule has 2 saturated heterocycles. The van der Waals surface area contributed by atoms with Gasteiger partial charge in [0.15, 0.2) is 11.6 Å². The van der Waals surface area contributed by atoms with E-state index in [0.29, 0.717) is 79.3 Å². The lowest BCUT2D eigenvalue weighted by Crippen LogP contribution is -2.47. The molecule has 23 heteroatoms. The molecule has 2 aliphatic heterocycles. The van der Waals surface area contributed by atoms with Crippen LogP contribution in [0.4, 0.5) is 57.7 Å². The first-order valence-electron chi connectivity index (χ1n) is 27.1. The van der Waals surface area contributed by atoms with Gasteiger partial charge >= 0.3 is 0 Å². The van der Waals surface area contributed by atoms with Crippen molar-refractivity contribution < 1.29 is 29.2 Å². The molecule has 2 saturated carbocycles. The summed E-state index contributed by atoms with van der Waals surface area (Å²) in [5.74, 6) is 2.75. The smallest absolute Gasteiger partial charge is 0.229 e. The number of ketones is 1. The molecule has 17 nitrogen and oxygen atoms in total. The first-order valence-corrected chi connectivity index (χ1v) is 33.8. The maximum absolute atomic E-state index is 12.7. The third-order valence-electron chi connectivity index (χ3n) is 15.2. The molecule has 10 rings (SSSR count). The Bertz CT molecular complexity index is 3190. The Morgan fingerprint density at radius 1 is 0.610 bits per heavy atom. The molecule has 2 aliphatic carbocycles. The maximum atomic E-state index is 12.7. The van der Waals surface area contributed by atoms with Crippen molar-refractivity contribution in [2.24, 2.45) is 22.5 Å². The van der Waals surface area contributed by atoms with Crippen LogP contribution in [0.5, 0.6) is 0 Å². The number of nitrogens with zero attached hydrogens (tertiary/aromatic N) is 6. The Balaban J connectivity index is 0.000000239. The Labute approximate surface area is 503 Å². The highest BCUT2D eigenvalue weighted by Crippen LogP contribution is 2.55. The zero-order chi connectivity index (χ0) is 58.5. The second-order valence-electron chi connectivity index (χ2n) is 21.9. The van der Waals surface area contributed by atoms with Crippen molar-refractivity contribution in [3.63, 3.8) is 0 Å². The molecule has 0 unspecified atom stereocenters. The second-order valence-corrected chi connectivity index (χ2v) is 29.9. The molecule has 6 aromatic rings. The van der Waals surface area contributed by atoms with E-state index in [1.807, 2.05) is 78.9 Å². The minimum absolute atomic E-state index is 0. The number of aliphatic hydroxyl groups excluding tert-OH is 3. The lowest BCUT2D eigenvalue weighted by molar-refractivity contribution is -0.133. The van der Waals surface area contributed by atoms with Gasteiger partial charge < -0.3 is 61.3 Å². The molecular formula is C59H79Cl4N11O6P2. The third-order valence-corrected chi connectivity index (χ3v) is 19.4. The molecule has 444 valence electrons. The normalized spacial score (nSPS) is 16.1. The minimum Gasteiger partial charge on any atom is -0.400 e. The molecule has 82 heavy (non-hydrogen) atoms. The molecule has 0 bridgehead atoms. The number of hydrogen-bond acceptors (Lipinski definition) is 17. The van der Waals surface area contributed by atoms with Crippen LogP contribution in [-0.4, -0.2) is 121 Å². The highest BCUT2D eigenvalue weighted by atomic mass is 35.5. The molecule has 2 aromatic heterocycles. The van der Waals surface area contributed by atoms with Gasteiger partial charge in [-0.3, -0.25) is 4.79 Å². The Morgan fingerprint density at radius 3 is 1.38 bits per heavy atom. The van der Waals surface area contributed by atoms with E-state index in [2.05, 4.69) is 57.1 Å². The lowest BCUT2D eigenvalue weighted by atomic mass is 9.56. The van der Waals surface area contributed by atoms with Crippen LogP contribution in [0.2, 0.25) is 20.1 Å². The molecular weight excluding hydrogens is 1160 g/mol. The van der Waals surface area contributed by atoms with Gasteiger partial charge in [-0.25, -0.2) is 9.97 Å². The predicted octanol–water partition coefficient (Wildman–Crippen LogP) is 12.9. The van der Waals surface area contributed by atoms with E-state index >= 15 is 0 Å². The number of anilines is 10. The number of aromatic nitrogens is 4. The summed E-state index contributed by atoms with van der Waals surface area (Å²) in [7, 11) is -4.00. The van der Waals surface area contributed by atoms with Gasteiger partial charge in [-0.1, -0.05) is 78.1 Å². The summed E-state index contributed by atoms with van der Waals surface area (Å²) < 4.78 is 25.5. The van der Waals surface area contributed by atoms with E-state index in [4.69, 9.17) is 67.5 Å². The van der Waals surface area contributed by atoms with Gasteiger partial charge in [-0.2, -0.15) is 9.97 Å². The van der Waals surface area contributed by atoms with E-state index in [9.17, 15) is 13.9 Å². The summed E-state index contributed by atoms with van der Waals surface area (Å²) in [6.07, 6.45) is 13.7. The highest BCUT2D eigenvalue weighted by Gasteiger charge is 2.46. The summed E-state index contributed by atoms with van der Waals surface area (Å²) in [6, 6.07) is 26.6. The summed E-state index contributed by atoms with van der Waals surface area (Å²) in [5, 5.41) is 40.2. The van der Waals surface area contributed by atoms with Gasteiger partial charge in [0, 0.05) is 81.3 Å². The van der Waals surface area contributed by atoms with Gasteiger partial charge in [0.1, 0.15) is 30.1 Å². The van der Waals surface area contributed by atoms with Crippen molar-refractivity contribution >= 4 is 135 Å². The lowest BCUT2D eigenvalue weighted by Gasteiger charge is -2.53. The number of nitrogens with one attached hydrogen (secondary N) is 4. The third kappa shape index (κ3) is 17.3. The van der Waals surface area contributed by atoms with Crippen LogP contribution in [0.1, 0.15) is 71.6 Å². The van der Waals surface area contributed by atoms with Crippen LogP contribution in [0, 0.1) is 16.7 Å². The van der Waals surface area contributed by atoms with E-state index in [1.165, 1.54) is 38.1 Å². The number of para-hydroxylation sites is 2. The van der Waals surface area contributed by atoms with E-state index in [0.717, 1.165) is 111 Å². The first kappa shape index (κ1) is 66.1. The number of aliphatic hydroxyl groups is 3. The van der Waals surface area contributed by atoms with Gasteiger partial charge in [-0.15, -0.1) is 0 Å². The van der Waals surface area contributed by atoms with Gasteiger partial charge in [0.25, 0.3) is 0 Å². The van der Waals surface area contributed by atoms with Gasteiger partial charge in [0.05, 0.1) is 51.8 Å². The monoisotopic (exact) mass is 1240 g/mol. The molecule has 4 aromatic carbocycles. The van der Waals surface area contributed by atoms with Crippen molar-refractivity contribution in [3.8, 4) is 0 Å². The summed E-state index contributed by atoms with van der Waals surface area (Å²) >= 11 is 26.2. The molecule has 4 heterocycles. The summed E-state index contributed by atoms with van der Waals surface area (Å²) in [5.41, 5.74) is 10.5. The number of halogens is 4. The van der Waals surface area contributed by atoms with Gasteiger partial charge in [0.2, 0.25) is 11.9 Å². The number of rotatable bonds is 16. The molecule has 0 atom stereocenters. The average molecular weight is 1240 g/mol. The van der Waals surface area contributed by atoms with E-state index < -0.39 is 14.3 Å². The Kier molecular flexibility index (Phi) is 23.9. The zero-order valence-corrected chi connectivity index (χ0v) is 51.4. The number of benzene rings is 4. The fourth-order valence-electron chi connectivity index (χ4n) is 11.1. The minimum atomic E-state index is -2.50. The molecule has 0 amide bonds. The van der Waals surface area contributed by atoms with Crippen LogP contribution in [0.3, 0.4) is 0 Å². The standard InChI is InChI=1S/C29H36Cl2N5O2P.C26H28Cl2N5O2P.C2H7NO.CH4O.CH4/c1-39(2,38)26-8-4-3-7-24(26)34-27-23(31)19-32-28(35-27)33-21-9-10-25(22(30)16-21)36-13-11-29(12-14-36)17-20(18-29)6-5-15-37;1-36(2,35)23-6-4-3-5-21(23)31-24-20(28)16-29-25(32-24)30-17-7-8-22(19(27)13-17)33-11-9-26(10-12-33)14-18(34)15-26;3-1-2-4;1-2;/h3-4,7-10,16,19-20,37H,5-6,11-15,17-18H2,1-2H3,(H2,32,33,34,35);3-8,13,16H,9-12,14-15H2,1-2H3,(H2,29,30,31,32);4H,1-3H2;2H,1H3;1H4. The number of nitrogens with two attached hydrogens (primary N) is 1. The van der Waals surface area contributed by atoms with Crippen LogP contribution in [0.15, 0.2) is 97.3 Å². The zero-order valence-electron chi connectivity index (χ0n) is 46.6. The molecule has 4 fully saturated rings. The second kappa shape index (κ2) is 29.7. The molecule has 9 N–H and O–H groups in total. The van der Waals surface area contributed by atoms with Crippen LogP contribution < -0.4 is 47.4 Å². The fraction of sp³-hybridized carbons (Fsp3) is 0.441. The van der Waals surface area contributed by atoms with E-state index in [1.54, 1.807) is 26.7 Å². The topological polar surface area (TPSA) is 244 Å². The maximum Gasteiger partial charge on any atom is 0.229 e. The predicted molar refractivity (Wildman–Crippen MR) is 343 cm³/mol. The SMILES string of the molecule is C.CO.CP(C)(=O)c1ccccc1Nc1nc(Nc2ccc(N3CCC4(CC3)CC(=O)C4)c(Cl)c2)ncc1Cl.CP(C)(=O)c1ccccc1Nc1nc(Nc2ccc(N3CCC4(CC3)CC(CCCO)C4)c(Cl)c2)ncc1Cl.NCCO. The number of hydrogen-bond donors (Lipinski definition) is 8. The summed E-state index contributed by atoms with van der Waals surface area (Å²) in [4.78, 5) is 33.9. The first-order chi connectivity index (χ1) is 38.7. The van der Waals surface area contributed by atoms with Crippen LogP contribution >= 0.6 is 60.7 Å². The molecule has 4 aliphatic rings.